The van der Waals surface area contributed by atoms with Gasteiger partial charge in [0.2, 0.25) is 0 Å². The summed E-state index contributed by atoms with van der Waals surface area (Å²) in [6.07, 6.45) is 2.40. The third kappa shape index (κ3) is 6.20. The zero-order valence-corrected chi connectivity index (χ0v) is 19.4. The Morgan fingerprint density at radius 1 is 1.04 bits per heavy atom. The third-order valence-electron chi connectivity index (χ3n) is 4.56. The van der Waals surface area contributed by atoms with Crippen LogP contribution in [0.25, 0.3) is 11.3 Å². The van der Waals surface area contributed by atoms with Crippen molar-refractivity contribution < 1.29 is 5.11 Å². The van der Waals surface area contributed by atoms with Gasteiger partial charge < -0.3 is 10.4 Å². The lowest BCUT2D eigenvalue weighted by molar-refractivity contribution is 0.423. The quantitative estimate of drug-likeness (QED) is 0.540. The first-order chi connectivity index (χ1) is 12.0. The second-order valence-electron chi connectivity index (χ2n) is 9.08. The first-order valence-corrected chi connectivity index (χ1v) is 10.5. The first-order valence-electron chi connectivity index (χ1n) is 9.57. The number of phenolic OH excluding ortho intramolecular Hbond substituents is 1. The van der Waals surface area contributed by atoms with Crippen LogP contribution in [0.2, 0.25) is 0 Å². The summed E-state index contributed by atoms with van der Waals surface area (Å²) in [6, 6.07) is 4.21. The molecular formula is C22H35ClN2OS. The Morgan fingerprint density at radius 3 is 2.07 bits per heavy atom. The fraction of sp³-hybridized carbons (Fsp3) is 0.591. The highest BCUT2D eigenvalue weighted by molar-refractivity contribution is 7.09. The number of nitrogens with one attached hydrogen (secondary N) is 1. The fourth-order valence-electron chi connectivity index (χ4n) is 2.95. The van der Waals surface area contributed by atoms with Crippen LogP contribution in [0.4, 0.5) is 0 Å². The monoisotopic (exact) mass is 410 g/mol. The number of hydrogen-bond acceptors (Lipinski definition) is 4. The van der Waals surface area contributed by atoms with Gasteiger partial charge in [0.25, 0.3) is 0 Å². The van der Waals surface area contributed by atoms with Crippen LogP contribution in [0.3, 0.4) is 0 Å². The summed E-state index contributed by atoms with van der Waals surface area (Å²) in [7, 11) is 0. The average Bonchev–Trinajstić information content (AvgIpc) is 2.98. The van der Waals surface area contributed by atoms with Gasteiger partial charge in [-0.3, -0.25) is 0 Å². The van der Waals surface area contributed by atoms with Crippen molar-refractivity contribution >= 4 is 23.7 Å². The second-order valence-corrected chi connectivity index (χ2v) is 10.0. The molecule has 2 N–H and O–H groups in total. The smallest absolute Gasteiger partial charge is 0.123 e. The lowest BCUT2D eigenvalue weighted by Gasteiger charge is -2.28. The lowest BCUT2D eigenvalue weighted by atomic mass is 9.78. The number of phenols is 1. The van der Waals surface area contributed by atoms with Gasteiger partial charge in [-0.15, -0.1) is 23.7 Å². The highest BCUT2D eigenvalue weighted by Crippen LogP contribution is 2.42. The van der Waals surface area contributed by atoms with Crippen LogP contribution in [-0.2, 0) is 17.4 Å². The standard InChI is InChI=1S/C22H34N2OS.ClH/c1-8-9-10-23-13-19-24-18(14-26-19)15-11-16(21(2,3)4)20(25)17(12-15)22(5,6)7;/h11-12,14,23,25H,8-10,13H2,1-7H3;1H. The molecule has 1 heterocycles. The number of aromatic nitrogens is 1. The van der Waals surface area contributed by atoms with Crippen LogP contribution in [0.15, 0.2) is 17.5 Å². The minimum Gasteiger partial charge on any atom is -0.507 e. The van der Waals surface area contributed by atoms with Crippen molar-refractivity contribution in [3.8, 4) is 17.0 Å². The van der Waals surface area contributed by atoms with Crippen LogP contribution >= 0.6 is 23.7 Å². The molecule has 0 fully saturated rings. The number of aromatic hydroxyl groups is 1. The molecule has 1 aromatic heterocycles. The van der Waals surface area contributed by atoms with Gasteiger partial charge in [0, 0.05) is 28.6 Å². The Bertz CT molecular complexity index is 706. The van der Waals surface area contributed by atoms with Gasteiger partial charge in [-0.05, 0) is 35.9 Å². The Labute approximate surface area is 175 Å². The second kappa shape index (κ2) is 9.40. The SMILES string of the molecule is CCCCNCc1nc(-c2cc(C(C)(C)C)c(O)c(C(C)(C)C)c2)cs1.Cl. The Balaban J connectivity index is 0.00000364. The summed E-state index contributed by atoms with van der Waals surface area (Å²) in [4.78, 5) is 4.83. The van der Waals surface area contributed by atoms with Crippen LogP contribution in [0, 0.1) is 0 Å². The maximum absolute atomic E-state index is 10.9. The molecular weight excluding hydrogens is 376 g/mol. The van der Waals surface area contributed by atoms with Crippen LogP contribution < -0.4 is 5.32 Å². The molecule has 1 aromatic carbocycles. The minimum atomic E-state index is -0.124. The van der Waals surface area contributed by atoms with Gasteiger partial charge in [-0.2, -0.15) is 0 Å². The van der Waals surface area contributed by atoms with E-state index in [0.29, 0.717) is 5.75 Å². The fourth-order valence-corrected chi connectivity index (χ4v) is 3.72. The molecule has 2 aromatic rings. The molecule has 5 heteroatoms. The van der Waals surface area contributed by atoms with Crippen LogP contribution in [0.1, 0.15) is 77.4 Å². The number of hydrogen-bond donors (Lipinski definition) is 2. The number of nitrogens with zero attached hydrogens (tertiary/aromatic N) is 1. The van der Waals surface area contributed by atoms with E-state index in [2.05, 4.69) is 71.3 Å². The topological polar surface area (TPSA) is 45.2 Å². The molecule has 27 heavy (non-hydrogen) atoms. The molecule has 152 valence electrons. The summed E-state index contributed by atoms with van der Waals surface area (Å²) in [5, 5.41) is 17.6. The van der Waals surface area contributed by atoms with Crippen molar-refractivity contribution in [2.75, 3.05) is 6.54 Å². The molecule has 0 saturated carbocycles. The summed E-state index contributed by atoms with van der Waals surface area (Å²) < 4.78 is 0. The zero-order chi connectivity index (χ0) is 19.5. The van der Waals surface area contributed by atoms with Crippen molar-refractivity contribution in [2.45, 2.75) is 78.7 Å². The maximum Gasteiger partial charge on any atom is 0.123 e. The third-order valence-corrected chi connectivity index (χ3v) is 5.41. The van der Waals surface area contributed by atoms with E-state index in [1.807, 2.05) is 0 Å². The molecule has 0 saturated heterocycles. The van der Waals surface area contributed by atoms with Gasteiger partial charge in [-0.1, -0.05) is 54.9 Å². The number of unbranched alkanes of at least 4 members (excludes halogenated alkanes) is 1. The number of benzene rings is 1. The van der Waals surface area contributed by atoms with Crippen molar-refractivity contribution in [3.63, 3.8) is 0 Å². The highest BCUT2D eigenvalue weighted by Gasteiger charge is 2.27. The van der Waals surface area contributed by atoms with Crippen molar-refractivity contribution in [1.82, 2.24) is 10.3 Å². The molecule has 0 aliphatic carbocycles. The summed E-state index contributed by atoms with van der Waals surface area (Å²) >= 11 is 1.70. The number of rotatable bonds is 6. The van der Waals surface area contributed by atoms with E-state index >= 15 is 0 Å². The van der Waals surface area contributed by atoms with E-state index in [1.165, 1.54) is 12.8 Å². The predicted octanol–water partition coefficient (Wildman–Crippen LogP) is 6.42. The van der Waals surface area contributed by atoms with Gasteiger partial charge >= 0.3 is 0 Å². The Kier molecular flexibility index (Phi) is 8.33. The average molecular weight is 411 g/mol. The highest BCUT2D eigenvalue weighted by atomic mass is 35.5. The molecule has 0 unspecified atom stereocenters. The first kappa shape index (κ1) is 23.9. The summed E-state index contributed by atoms with van der Waals surface area (Å²) in [6.45, 7) is 16.9. The van der Waals surface area contributed by atoms with Crippen LogP contribution in [-0.4, -0.2) is 16.6 Å². The molecule has 3 nitrogen and oxygen atoms in total. The molecule has 0 radical (unpaired) electrons. The van der Waals surface area contributed by atoms with Gasteiger partial charge in [0.05, 0.1) is 5.69 Å². The molecule has 0 aliphatic heterocycles. The van der Waals surface area contributed by atoms with E-state index in [0.717, 1.165) is 40.5 Å². The Hall–Kier alpha value is -1.10. The molecule has 2 rings (SSSR count). The summed E-state index contributed by atoms with van der Waals surface area (Å²) in [5.74, 6) is 0.422. The van der Waals surface area contributed by atoms with Crippen LogP contribution in [0.5, 0.6) is 5.75 Å². The van der Waals surface area contributed by atoms with E-state index in [4.69, 9.17) is 4.98 Å². The van der Waals surface area contributed by atoms with Gasteiger partial charge in [0.1, 0.15) is 10.8 Å². The number of halogens is 1. The largest absolute Gasteiger partial charge is 0.507 e. The molecule has 0 bridgehead atoms. The lowest BCUT2D eigenvalue weighted by Crippen LogP contribution is -2.17. The normalized spacial score (nSPS) is 12.1. The molecule has 0 amide bonds. The minimum absolute atomic E-state index is 0. The van der Waals surface area contributed by atoms with E-state index in [-0.39, 0.29) is 23.2 Å². The molecule has 0 aliphatic rings. The molecule has 0 atom stereocenters. The maximum atomic E-state index is 10.9. The van der Waals surface area contributed by atoms with Gasteiger partial charge in [0.15, 0.2) is 0 Å². The van der Waals surface area contributed by atoms with Crippen molar-refractivity contribution in [3.05, 3.63) is 33.6 Å². The van der Waals surface area contributed by atoms with E-state index in [1.54, 1.807) is 11.3 Å². The van der Waals surface area contributed by atoms with Crippen molar-refractivity contribution in [1.29, 1.82) is 0 Å². The Morgan fingerprint density at radius 2 is 1.59 bits per heavy atom. The van der Waals surface area contributed by atoms with Crippen molar-refractivity contribution in [2.24, 2.45) is 0 Å². The summed E-state index contributed by atoms with van der Waals surface area (Å²) in [5.41, 5.74) is 3.81. The zero-order valence-electron chi connectivity index (χ0n) is 17.8. The predicted molar refractivity (Wildman–Crippen MR) is 120 cm³/mol. The molecule has 0 spiro atoms. The van der Waals surface area contributed by atoms with Gasteiger partial charge in [-0.25, -0.2) is 4.98 Å². The van der Waals surface area contributed by atoms with E-state index < -0.39 is 0 Å². The van der Waals surface area contributed by atoms with E-state index in [9.17, 15) is 5.11 Å². The number of thiazole rings is 1.